The van der Waals surface area contributed by atoms with Crippen LogP contribution in [0.5, 0.6) is 5.75 Å². The summed E-state index contributed by atoms with van der Waals surface area (Å²) in [6.45, 7) is 0.360. The molecule has 0 saturated heterocycles. The van der Waals surface area contributed by atoms with Crippen LogP contribution in [-0.2, 0) is 4.79 Å². The van der Waals surface area contributed by atoms with Crippen molar-refractivity contribution in [2.24, 2.45) is 0 Å². The maximum atomic E-state index is 12.1. The number of hydrogen-bond donors (Lipinski definition) is 2. The molecule has 28 heavy (non-hydrogen) atoms. The first-order valence-corrected chi connectivity index (χ1v) is 9.76. The number of hydrogen-bond acceptors (Lipinski definition) is 6. The molecular formula is C19H23ClN4O4. The molecule has 1 aromatic heterocycles. The quantitative estimate of drug-likeness (QED) is 0.653. The minimum Gasteiger partial charge on any atom is -0.484 e. The highest BCUT2D eigenvalue weighted by Crippen LogP contribution is 2.30. The number of carbonyl (C=O) groups excluding carboxylic acids is 2. The van der Waals surface area contributed by atoms with Crippen molar-refractivity contribution >= 4 is 23.4 Å². The molecule has 1 fully saturated rings. The predicted molar refractivity (Wildman–Crippen MR) is 102 cm³/mol. The molecule has 1 saturated carbocycles. The average molecular weight is 407 g/mol. The molecule has 0 atom stereocenters. The molecular weight excluding hydrogens is 384 g/mol. The number of halogens is 1. The smallest absolute Gasteiger partial charge is 0.315 e. The molecule has 0 radical (unpaired) electrons. The number of carbonyl (C=O) groups is 2. The summed E-state index contributed by atoms with van der Waals surface area (Å²) >= 11 is 5.85. The van der Waals surface area contributed by atoms with Gasteiger partial charge < -0.3 is 19.9 Å². The molecule has 8 nitrogen and oxygen atoms in total. The fourth-order valence-corrected chi connectivity index (χ4v) is 3.24. The number of amides is 2. The standard InChI is InChI=1S/C19H23ClN4O4/c20-14-7-4-8-15(11-14)27-12-16(25)21-9-10-22-18(26)19-23-17(24-28-19)13-5-2-1-3-6-13/h4,7-8,11,13H,1-3,5-6,9-10,12H2,(H,21,25)(H,22,26). The maximum Gasteiger partial charge on any atom is 0.315 e. The van der Waals surface area contributed by atoms with Crippen LogP contribution in [0.4, 0.5) is 0 Å². The van der Waals surface area contributed by atoms with Gasteiger partial charge >= 0.3 is 11.8 Å². The zero-order valence-electron chi connectivity index (χ0n) is 15.4. The minimum atomic E-state index is -0.445. The van der Waals surface area contributed by atoms with Gasteiger partial charge in [-0.05, 0) is 31.0 Å². The summed E-state index contributed by atoms with van der Waals surface area (Å²) in [5.41, 5.74) is 0. The summed E-state index contributed by atoms with van der Waals surface area (Å²) in [5.74, 6) is 0.608. The average Bonchev–Trinajstić information content (AvgIpc) is 3.21. The van der Waals surface area contributed by atoms with E-state index in [-0.39, 0.29) is 37.4 Å². The van der Waals surface area contributed by atoms with Crippen LogP contribution in [0.1, 0.15) is 54.5 Å². The van der Waals surface area contributed by atoms with Crippen molar-refractivity contribution in [1.29, 1.82) is 0 Å². The highest BCUT2D eigenvalue weighted by atomic mass is 35.5. The van der Waals surface area contributed by atoms with Crippen LogP contribution in [0.3, 0.4) is 0 Å². The molecule has 1 heterocycles. The molecule has 1 aromatic carbocycles. The lowest BCUT2D eigenvalue weighted by Crippen LogP contribution is -2.36. The number of benzene rings is 1. The first-order chi connectivity index (χ1) is 13.6. The van der Waals surface area contributed by atoms with Crippen LogP contribution in [0.2, 0.25) is 5.02 Å². The fourth-order valence-electron chi connectivity index (χ4n) is 3.06. The van der Waals surface area contributed by atoms with Gasteiger partial charge in [-0.2, -0.15) is 4.98 Å². The van der Waals surface area contributed by atoms with E-state index >= 15 is 0 Å². The van der Waals surface area contributed by atoms with Gasteiger partial charge in [-0.1, -0.05) is 42.1 Å². The van der Waals surface area contributed by atoms with E-state index in [1.54, 1.807) is 24.3 Å². The van der Waals surface area contributed by atoms with Crippen LogP contribution in [0.15, 0.2) is 28.8 Å². The van der Waals surface area contributed by atoms with Crippen molar-refractivity contribution in [3.8, 4) is 5.75 Å². The maximum absolute atomic E-state index is 12.1. The van der Waals surface area contributed by atoms with E-state index in [9.17, 15) is 9.59 Å². The van der Waals surface area contributed by atoms with Gasteiger partial charge in [0.1, 0.15) is 5.75 Å². The van der Waals surface area contributed by atoms with Crippen molar-refractivity contribution in [3.63, 3.8) is 0 Å². The topological polar surface area (TPSA) is 106 Å². The minimum absolute atomic E-state index is 0.0452. The van der Waals surface area contributed by atoms with Crippen molar-refractivity contribution in [2.45, 2.75) is 38.0 Å². The predicted octanol–water partition coefficient (Wildman–Crippen LogP) is 2.70. The molecule has 0 unspecified atom stereocenters. The first-order valence-electron chi connectivity index (χ1n) is 9.38. The third-order valence-corrected chi connectivity index (χ3v) is 4.74. The second-order valence-electron chi connectivity index (χ2n) is 6.64. The zero-order valence-corrected chi connectivity index (χ0v) is 16.2. The van der Waals surface area contributed by atoms with E-state index in [1.165, 1.54) is 6.42 Å². The Hall–Kier alpha value is -2.61. The van der Waals surface area contributed by atoms with E-state index in [0.29, 0.717) is 16.6 Å². The molecule has 150 valence electrons. The number of ether oxygens (including phenoxy) is 1. The Morgan fingerprint density at radius 1 is 1.18 bits per heavy atom. The Morgan fingerprint density at radius 3 is 2.75 bits per heavy atom. The summed E-state index contributed by atoms with van der Waals surface area (Å²) in [6.07, 6.45) is 5.61. The monoisotopic (exact) mass is 406 g/mol. The summed E-state index contributed by atoms with van der Waals surface area (Å²) in [5, 5.41) is 9.77. The summed E-state index contributed by atoms with van der Waals surface area (Å²) in [4.78, 5) is 28.1. The molecule has 0 aliphatic heterocycles. The van der Waals surface area contributed by atoms with Crippen molar-refractivity contribution in [1.82, 2.24) is 20.8 Å². The molecule has 2 amide bonds. The van der Waals surface area contributed by atoms with E-state index in [0.717, 1.165) is 25.7 Å². The Morgan fingerprint density at radius 2 is 1.96 bits per heavy atom. The highest BCUT2D eigenvalue weighted by Gasteiger charge is 2.23. The first kappa shape index (κ1) is 20.1. The Labute approximate surface area is 168 Å². The highest BCUT2D eigenvalue weighted by molar-refractivity contribution is 6.30. The third kappa shape index (κ3) is 5.95. The van der Waals surface area contributed by atoms with Gasteiger partial charge in [0.15, 0.2) is 12.4 Å². The molecule has 0 bridgehead atoms. The lowest BCUT2D eigenvalue weighted by Gasteiger charge is -2.17. The van der Waals surface area contributed by atoms with Crippen LogP contribution >= 0.6 is 11.6 Å². The third-order valence-electron chi connectivity index (χ3n) is 4.51. The van der Waals surface area contributed by atoms with Crippen molar-refractivity contribution in [3.05, 3.63) is 41.0 Å². The van der Waals surface area contributed by atoms with Gasteiger partial charge in [0.05, 0.1) is 0 Å². The Kier molecular flexibility index (Phi) is 7.25. The summed E-state index contributed by atoms with van der Waals surface area (Å²) in [6, 6.07) is 6.80. The van der Waals surface area contributed by atoms with Crippen molar-refractivity contribution in [2.75, 3.05) is 19.7 Å². The van der Waals surface area contributed by atoms with Crippen LogP contribution in [-0.4, -0.2) is 41.7 Å². The van der Waals surface area contributed by atoms with Crippen LogP contribution in [0, 0.1) is 0 Å². The number of nitrogens with zero attached hydrogens (tertiary/aromatic N) is 2. The molecule has 1 aliphatic carbocycles. The molecule has 2 aromatic rings. The normalized spacial score (nSPS) is 14.5. The van der Waals surface area contributed by atoms with Gasteiger partial charge in [-0.15, -0.1) is 0 Å². The fraction of sp³-hybridized carbons (Fsp3) is 0.474. The van der Waals surface area contributed by atoms with Gasteiger partial charge in [0.25, 0.3) is 5.91 Å². The molecule has 1 aliphatic rings. The summed E-state index contributed by atoms with van der Waals surface area (Å²) < 4.78 is 10.4. The van der Waals surface area contributed by atoms with Gasteiger partial charge in [0, 0.05) is 24.0 Å². The molecule has 0 spiro atoms. The van der Waals surface area contributed by atoms with Gasteiger partial charge in [-0.25, -0.2) is 0 Å². The molecule has 9 heteroatoms. The summed E-state index contributed by atoms with van der Waals surface area (Å²) in [7, 11) is 0. The van der Waals surface area contributed by atoms with E-state index in [1.807, 2.05) is 0 Å². The van der Waals surface area contributed by atoms with E-state index in [2.05, 4.69) is 20.8 Å². The number of aromatic nitrogens is 2. The lowest BCUT2D eigenvalue weighted by atomic mass is 9.89. The van der Waals surface area contributed by atoms with Crippen LogP contribution < -0.4 is 15.4 Å². The van der Waals surface area contributed by atoms with Gasteiger partial charge in [0.2, 0.25) is 0 Å². The SMILES string of the molecule is O=C(COc1cccc(Cl)c1)NCCNC(=O)c1nc(C2CCCCC2)no1. The van der Waals surface area contributed by atoms with Gasteiger partial charge in [-0.3, -0.25) is 9.59 Å². The van der Waals surface area contributed by atoms with E-state index in [4.69, 9.17) is 20.9 Å². The van der Waals surface area contributed by atoms with Crippen molar-refractivity contribution < 1.29 is 18.8 Å². The van der Waals surface area contributed by atoms with E-state index < -0.39 is 5.91 Å². The Bertz CT molecular complexity index is 805. The van der Waals surface area contributed by atoms with Crippen LogP contribution in [0.25, 0.3) is 0 Å². The second-order valence-corrected chi connectivity index (χ2v) is 7.08. The lowest BCUT2D eigenvalue weighted by molar-refractivity contribution is -0.123. The zero-order chi connectivity index (χ0) is 19.8. The number of rotatable bonds is 8. The largest absolute Gasteiger partial charge is 0.484 e. The number of nitrogens with one attached hydrogen (secondary N) is 2. The second kappa shape index (κ2) is 10.1. The molecule has 3 rings (SSSR count). The molecule has 2 N–H and O–H groups in total. The Balaban J connectivity index is 1.34.